The van der Waals surface area contributed by atoms with Gasteiger partial charge in [-0.15, -0.1) is 11.8 Å². The zero-order chi connectivity index (χ0) is 19.7. The first kappa shape index (κ1) is 19.2. The van der Waals surface area contributed by atoms with E-state index in [2.05, 4.69) is 15.0 Å². The van der Waals surface area contributed by atoms with E-state index in [0.29, 0.717) is 36.3 Å². The second-order valence-electron chi connectivity index (χ2n) is 6.45. The molecule has 2 aromatic heterocycles. The molecular formula is C18H21N5O3S2. The highest BCUT2D eigenvalue weighted by Crippen LogP contribution is 2.33. The van der Waals surface area contributed by atoms with Crippen LogP contribution in [0.4, 0.5) is 5.82 Å². The Morgan fingerprint density at radius 2 is 1.93 bits per heavy atom. The third kappa shape index (κ3) is 3.48. The molecule has 3 heterocycles. The van der Waals surface area contributed by atoms with Gasteiger partial charge in [-0.05, 0) is 18.4 Å². The van der Waals surface area contributed by atoms with Gasteiger partial charge in [0, 0.05) is 25.7 Å². The van der Waals surface area contributed by atoms with Crippen LogP contribution in [0.1, 0.15) is 5.69 Å². The van der Waals surface area contributed by atoms with E-state index in [9.17, 15) is 8.42 Å². The summed E-state index contributed by atoms with van der Waals surface area (Å²) < 4.78 is 33.4. The number of ether oxygens (including phenoxy) is 1. The van der Waals surface area contributed by atoms with Gasteiger partial charge in [0.25, 0.3) is 0 Å². The summed E-state index contributed by atoms with van der Waals surface area (Å²) >= 11 is 1.26. The lowest BCUT2D eigenvalue weighted by atomic mass is 10.3. The second-order valence-corrected chi connectivity index (χ2v) is 9.13. The van der Waals surface area contributed by atoms with E-state index in [4.69, 9.17) is 10.5 Å². The molecule has 28 heavy (non-hydrogen) atoms. The molecule has 0 amide bonds. The predicted molar refractivity (Wildman–Crippen MR) is 107 cm³/mol. The fourth-order valence-corrected chi connectivity index (χ4v) is 5.62. The van der Waals surface area contributed by atoms with Crippen LogP contribution in [0.25, 0.3) is 5.65 Å². The number of morpholine rings is 1. The Balaban J connectivity index is 1.85. The molecule has 0 bridgehead atoms. The molecule has 0 saturated carbocycles. The van der Waals surface area contributed by atoms with Crippen molar-refractivity contribution in [3.05, 3.63) is 42.1 Å². The van der Waals surface area contributed by atoms with Crippen LogP contribution in [0, 0.1) is 0 Å². The molecule has 0 spiro atoms. The lowest BCUT2D eigenvalue weighted by Gasteiger charge is -2.26. The summed E-state index contributed by atoms with van der Waals surface area (Å²) in [6.45, 7) is 3.53. The maximum absolute atomic E-state index is 13.3. The monoisotopic (exact) mass is 419 g/mol. The summed E-state index contributed by atoms with van der Waals surface area (Å²) in [5.74, 6) is 0.359. The van der Waals surface area contributed by atoms with Gasteiger partial charge in [-0.2, -0.15) is 9.61 Å². The summed E-state index contributed by atoms with van der Waals surface area (Å²) in [5.41, 5.74) is 7.17. The average molecular weight is 420 g/mol. The van der Waals surface area contributed by atoms with Crippen LogP contribution in [0.3, 0.4) is 0 Å². The highest BCUT2D eigenvalue weighted by atomic mass is 32.2. The zero-order valence-corrected chi connectivity index (χ0v) is 17.0. The molecule has 1 aliphatic rings. The minimum atomic E-state index is -3.79. The van der Waals surface area contributed by atoms with Crippen molar-refractivity contribution in [1.29, 1.82) is 0 Å². The van der Waals surface area contributed by atoms with Crippen molar-refractivity contribution in [2.24, 2.45) is 0 Å². The molecule has 3 aromatic rings. The Kier molecular flexibility index (Phi) is 5.28. The Morgan fingerprint density at radius 3 is 2.61 bits per heavy atom. The Bertz CT molecular complexity index is 1090. The Morgan fingerprint density at radius 1 is 1.21 bits per heavy atom. The molecule has 1 saturated heterocycles. The molecule has 8 nitrogen and oxygen atoms in total. The van der Waals surface area contributed by atoms with Crippen molar-refractivity contribution < 1.29 is 13.2 Å². The summed E-state index contributed by atoms with van der Waals surface area (Å²) in [4.78, 5) is 7.15. The number of nitrogen functional groups attached to an aromatic ring is 1. The molecule has 0 aliphatic carbocycles. The van der Waals surface area contributed by atoms with Crippen LogP contribution in [0.2, 0.25) is 0 Å². The minimum absolute atomic E-state index is 0.0988. The van der Waals surface area contributed by atoms with Crippen molar-refractivity contribution in [2.45, 2.75) is 21.4 Å². The van der Waals surface area contributed by atoms with Gasteiger partial charge in [-0.3, -0.25) is 4.90 Å². The van der Waals surface area contributed by atoms with E-state index in [-0.39, 0.29) is 15.4 Å². The number of benzene rings is 1. The van der Waals surface area contributed by atoms with Crippen LogP contribution >= 0.6 is 11.8 Å². The Labute approximate surface area is 167 Å². The van der Waals surface area contributed by atoms with Crippen molar-refractivity contribution in [3.63, 3.8) is 0 Å². The fraction of sp³-hybridized carbons (Fsp3) is 0.333. The number of sulfone groups is 1. The lowest BCUT2D eigenvalue weighted by Crippen LogP contribution is -2.36. The number of hydrogen-bond acceptors (Lipinski definition) is 8. The number of anilines is 1. The van der Waals surface area contributed by atoms with Gasteiger partial charge in [0.05, 0.1) is 23.8 Å². The first-order valence-corrected chi connectivity index (χ1v) is 11.5. The number of nitrogens with zero attached hydrogens (tertiary/aromatic N) is 4. The minimum Gasteiger partial charge on any atom is -0.384 e. The molecule has 4 rings (SSSR count). The largest absolute Gasteiger partial charge is 0.384 e. The number of hydrogen-bond donors (Lipinski definition) is 1. The van der Waals surface area contributed by atoms with Gasteiger partial charge in [-0.25, -0.2) is 13.4 Å². The van der Waals surface area contributed by atoms with Crippen LogP contribution in [-0.2, 0) is 21.1 Å². The molecule has 1 aromatic carbocycles. The summed E-state index contributed by atoms with van der Waals surface area (Å²) in [6.07, 6.45) is 1.79. The highest BCUT2D eigenvalue weighted by Gasteiger charge is 2.29. The van der Waals surface area contributed by atoms with E-state index < -0.39 is 9.84 Å². The molecule has 0 atom stereocenters. The molecule has 2 N–H and O–H groups in total. The van der Waals surface area contributed by atoms with Crippen LogP contribution in [-0.4, -0.2) is 60.5 Å². The molecule has 0 radical (unpaired) electrons. The zero-order valence-electron chi connectivity index (χ0n) is 15.4. The van der Waals surface area contributed by atoms with Crippen molar-refractivity contribution in [1.82, 2.24) is 19.5 Å². The van der Waals surface area contributed by atoms with Crippen LogP contribution < -0.4 is 5.73 Å². The molecule has 1 fully saturated rings. The fourth-order valence-electron chi connectivity index (χ4n) is 3.21. The number of nitrogens with two attached hydrogens (primary N) is 1. The quantitative estimate of drug-likeness (QED) is 0.624. The van der Waals surface area contributed by atoms with Gasteiger partial charge >= 0.3 is 0 Å². The average Bonchev–Trinajstić information content (AvgIpc) is 3.09. The van der Waals surface area contributed by atoms with Crippen LogP contribution in [0.5, 0.6) is 0 Å². The number of fused-ring (bicyclic) bond motifs is 1. The smallest absolute Gasteiger partial charge is 0.213 e. The summed E-state index contributed by atoms with van der Waals surface area (Å²) in [7, 11) is -3.79. The lowest BCUT2D eigenvalue weighted by molar-refractivity contribution is 0.0337. The molecule has 10 heteroatoms. The second kappa shape index (κ2) is 7.70. The van der Waals surface area contributed by atoms with Gasteiger partial charge < -0.3 is 10.5 Å². The van der Waals surface area contributed by atoms with Crippen molar-refractivity contribution in [2.75, 3.05) is 38.3 Å². The van der Waals surface area contributed by atoms with E-state index >= 15 is 0 Å². The molecule has 148 valence electrons. The number of thioether (sulfide) groups is 1. The topological polar surface area (TPSA) is 103 Å². The third-order valence-corrected chi connectivity index (χ3v) is 7.21. The van der Waals surface area contributed by atoms with Crippen molar-refractivity contribution >= 4 is 33.1 Å². The SMILES string of the molecule is CSc1nn2c(N)cc(CN3CCOCC3)nc2c1S(=O)(=O)c1ccccc1. The number of rotatable bonds is 5. The van der Waals surface area contributed by atoms with E-state index in [1.54, 1.807) is 42.7 Å². The maximum Gasteiger partial charge on any atom is 0.213 e. The van der Waals surface area contributed by atoms with Gasteiger partial charge in [-0.1, -0.05) is 18.2 Å². The number of aromatic nitrogens is 3. The van der Waals surface area contributed by atoms with E-state index in [1.165, 1.54) is 16.3 Å². The Hall–Kier alpha value is -2.14. The predicted octanol–water partition coefficient (Wildman–Crippen LogP) is 1.70. The van der Waals surface area contributed by atoms with Crippen LogP contribution in [0.15, 0.2) is 51.2 Å². The van der Waals surface area contributed by atoms with Crippen molar-refractivity contribution in [3.8, 4) is 0 Å². The van der Waals surface area contributed by atoms with E-state index in [1.807, 2.05) is 0 Å². The van der Waals surface area contributed by atoms with Gasteiger partial charge in [0.15, 0.2) is 10.5 Å². The molecular weight excluding hydrogens is 398 g/mol. The highest BCUT2D eigenvalue weighted by molar-refractivity contribution is 7.99. The summed E-state index contributed by atoms with van der Waals surface area (Å²) in [5, 5.41) is 4.77. The third-order valence-electron chi connectivity index (χ3n) is 4.60. The van der Waals surface area contributed by atoms with Gasteiger partial charge in [0.1, 0.15) is 10.8 Å². The molecule has 0 unspecified atom stereocenters. The van der Waals surface area contributed by atoms with E-state index in [0.717, 1.165) is 13.1 Å². The maximum atomic E-state index is 13.3. The first-order valence-electron chi connectivity index (χ1n) is 8.83. The normalized spacial score (nSPS) is 15.9. The van der Waals surface area contributed by atoms with Gasteiger partial charge in [0.2, 0.25) is 9.84 Å². The standard InChI is InChI=1S/C18H21N5O3S2/c1-27-18-16(28(24,25)14-5-3-2-4-6-14)17-20-13(11-15(19)23(17)21-18)12-22-7-9-26-10-8-22/h2-6,11H,7-10,12,19H2,1H3. The molecule has 1 aliphatic heterocycles. The first-order chi connectivity index (χ1) is 13.5. The summed E-state index contributed by atoms with van der Waals surface area (Å²) in [6, 6.07) is 10.1.